The van der Waals surface area contributed by atoms with Crippen molar-refractivity contribution >= 4 is 23.2 Å². The van der Waals surface area contributed by atoms with E-state index in [0.29, 0.717) is 27.1 Å². The molecule has 0 saturated carbocycles. The second kappa shape index (κ2) is 9.80. The van der Waals surface area contributed by atoms with Crippen LogP contribution in [0.15, 0.2) is 80.8 Å². The topological polar surface area (TPSA) is 86.5 Å². The molecule has 9 heteroatoms. The van der Waals surface area contributed by atoms with Crippen molar-refractivity contribution in [2.75, 3.05) is 0 Å². The van der Waals surface area contributed by atoms with Crippen molar-refractivity contribution in [3.8, 4) is 11.5 Å². The number of benzene rings is 3. The molecule has 0 unspecified atom stereocenters. The summed E-state index contributed by atoms with van der Waals surface area (Å²) in [6.07, 6.45) is 0. The zero-order chi connectivity index (χ0) is 22.5. The van der Waals surface area contributed by atoms with E-state index in [0.717, 1.165) is 15.9 Å². The highest BCUT2D eigenvalue weighted by atomic mass is 35.5. The van der Waals surface area contributed by atoms with Gasteiger partial charge in [0.15, 0.2) is 0 Å². The van der Waals surface area contributed by atoms with Crippen LogP contribution in [0, 0.1) is 0 Å². The third-order valence-corrected chi connectivity index (χ3v) is 4.95. The first-order valence-corrected chi connectivity index (χ1v) is 10.4. The third kappa shape index (κ3) is 5.84. The van der Waals surface area contributed by atoms with Crippen LogP contribution in [0.5, 0.6) is 11.5 Å². The standard InChI is InChI=1S/C23H18Cl2N2O5/c24-18-5-1-3-15(7-18)13-30-20-9-17(12-27-22(28)26-23(29)32-27)10-21(11-20)31-14-16-4-2-6-19(25)8-16/h1-11H,12-14H2,(H,26,28,29). The van der Waals surface area contributed by atoms with Gasteiger partial charge in [-0.2, -0.15) is 0 Å². The molecule has 3 aromatic carbocycles. The second-order valence-electron chi connectivity index (χ2n) is 7.00. The number of aromatic nitrogens is 2. The lowest BCUT2D eigenvalue weighted by Crippen LogP contribution is -2.17. The fourth-order valence-electron chi connectivity index (χ4n) is 3.06. The number of H-pyrrole nitrogens is 1. The van der Waals surface area contributed by atoms with E-state index in [1.807, 2.05) is 36.4 Å². The molecule has 4 aromatic rings. The van der Waals surface area contributed by atoms with Gasteiger partial charge in [-0.1, -0.05) is 47.5 Å². The minimum absolute atomic E-state index is 0.0272. The van der Waals surface area contributed by atoms with Gasteiger partial charge in [0.1, 0.15) is 24.7 Å². The summed E-state index contributed by atoms with van der Waals surface area (Å²) in [5.74, 6) is 0.227. The Morgan fingerprint density at radius 3 is 1.81 bits per heavy atom. The van der Waals surface area contributed by atoms with Gasteiger partial charge in [0.2, 0.25) is 0 Å². The quantitative estimate of drug-likeness (QED) is 0.403. The van der Waals surface area contributed by atoms with E-state index in [-0.39, 0.29) is 19.8 Å². The average Bonchev–Trinajstić information content (AvgIpc) is 3.07. The Morgan fingerprint density at radius 1 is 0.781 bits per heavy atom. The number of halogens is 2. The Labute approximate surface area is 192 Å². The van der Waals surface area contributed by atoms with Gasteiger partial charge < -0.3 is 14.0 Å². The minimum atomic E-state index is -0.819. The number of ether oxygens (including phenoxy) is 2. The van der Waals surface area contributed by atoms with Crippen molar-refractivity contribution in [3.05, 3.63) is 115 Å². The number of nitrogens with zero attached hydrogens (tertiary/aromatic N) is 1. The molecular formula is C23H18Cl2N2O5. The first-order chi connectivity index (χ1) is 15.4. The number of hydrogen-bond donors (Lipinski definition) is 1. The van der Waals surface area contributed by atoms with Crippen molar-refractivity contribution in [1.29, 1.82) is 0 Å². The maximum absolute atomic E-state index is 11.8. The zero-order valence-corrected chi connectivity index (χ0v) is 18.2. The molecule has 4 rings (SSSR count). The summed E-state index contributed by atoms with van der Waals surface area (Å²) in [5.41, 5.74) is 1.82. The Balaban J connectivity index is 1.57. The van der Waals surface area contributed by atoms with Crippen molar-refractivity contribution in [1.82, 2.24) is 9.72 Å². The molecule has 0 bridgehead atoms. The summed E-state index contributed by atoms with van der Waals surface area (Å²) in [5, 5.41) is 1.24. The summed E-state index contributed by atoms with van der Waals surface area (Å²) in [6.45, 7) is 0.604. The lowest BCUT2D eigenvalue weighted by Gasteiger charge is -2.13. The van der Waals surface area contributed by atoms with Crippen molar-refractivity contribution < 1.29 is 14.0 Å². The highest BCUT2D eigenvalue weighted by Gasteiger charge is 2.09. The normalized spacial score (nSPS) is 10.8. The molecule has 0 aliphatic heterocycles. The van der Waals surface area contributed by atoms with E-state index < -0.39 is 11.4 Å². The largest absolute Gasteiger partial charge is 0.489 e. The van der Waals surface area contributed by atoms with Crippen LogP contribution in [0.4, 0.5) is 0 Å². The first kappa shape index (κ1) is 21.8. The summed E-state index contributed by atoms with van der Waals surface area (Å²) in [6, 6.07) is 19.9. The van der Waals surface area contributed by atoms with Crippen molar-refractivity contribution in [3.63, 3.8) is 0 Å². The van der Waals surface area contributed by atoms with Gasteiger partial charge in [0, 0.05) is 16.1 Å². The molecule has 0 radical (unpaired) electrons. The second-order valence-corrected chi connectivity index (χ2v) is 7.87. The van der Waals surface area contributed by atoms with Crippen LogP contribution in [0.2, 0.25) is 10.0 Å². The van der Waals surface area contributed by atoms with Crippen LogP contribution in [-0.4, -0.2) is 9.72 Å². The van der Waals surface area contributed by atoms with Gasteiger partial charge in [0.05, 0.1) is 6.54 Å². The summed E-state index contributed by atoms with van der Waals surface area (Å²) in [4.78, 5) is 25.2. The number of nitrogens with one attached hydrogen (secondary N) is 1. The summed E-state index contributed by atoms with van der Waals surface area (Å²) in [7, 11) is 0. The minimum Gasteiger partial charge on any atom is -0.489 e. The van der Waals surface area contributed by atoms with Crippen molar-refractivity contribution in [2.24, 2.45) is 0 Å². The molecule has 1 heterocycles. The molecule has 0 atom stereocenters. The zero-order valence-electron chi connectivity index (χ0n) is 16.7. The number of hydrogen-bond acceptors (Lipinski definition) is 5. The molecule has 0 amide bonds. The fraction of sp³-hybridized carbons (Fsp3) is 0.130. The molecule has 1 N–H and O–H groups in total. The number of rotatable bonds is 8. The lowest BCUT2D eigenvalue weighted by atomic mass is 10.2. The molecule has 0 aliphatic rings. The molecule has 164 valence electrons. The summed E-state index contributed by atoms with van der Waals surface area (Å²) >= 11 is 12.1. The van der Waals surface area contributed by atoms with Crippen LogP contribution >= 0.6 is 23.2 Å². The predicted molar refractivity (Wildman–Crippen MR) is 121 cm³/mol. The molecule has 0 fully saturated rings. The molecule has 32 heavy (non-hydrogen) atoms. The lowest BCUT2D eigenvalue weighted by molar-refractivity contribution is 0.256. The van der Waals surface area contributed by atoms with Gasteiger partial charge in [-0.3, -0.25) is 0 Å². The van der Waals surface area contributed by atoms with Gasteiger partial charge in [-0.05, 0) is 53.1 Å². The maximum Gasteiger partial charge on any atom is 0.440 e. The van der Waals surface area contributed by atoms with E-state index in [1.54, 1.807) is 30.3 Å². The van der Waals surface area contributed by atoms with Crippen LogP contribution < -0.4 is 20.9 Å². The maximum atomic E-state index is 11.8. The average molecular weight is 473 g/mol. The SMILES string of the molecule is O=c1[nH]c(=O)n(Cc2cc(OCc3cccc(Cl)c3)cc(OCc3cccc(Cl)c3)c2)o1. The van der Waals surface area contributed by atoms with Gasteiger partial charge in [-0.15, -0.1) is 4.74 Å². The van der Waals surface area contributed by atoms with E-state index in [4.69, 9.17) is 37.2 Å². The highest BCUT2D eigenvalue weighted by molar-refractivity contribution is 6.30. The fourth-order valence-corrected chi connectivity index (χ4v) is 3.49. The molecule has 0 aliphatic carbocycles. The van der Waals surface area contributed by atoms with E-state index in [1.165, 1.54) is 0 Å². The van der Waals surface area contributed by atoms with Gasteiger partial charge in [-0.25, -0.2) is 14.6 Å². The highest BCUT2D eigenvalue weighted by Crippen LogP contribution is 2.26. The third-order valence-electron chi connectivity index (χ3n) is 4.48. The van der Waals surface area contributed by atoms with Gasteiger partial charge in [0.25, 0.3) is 0 Å². The molecule has 1 aromatic heterocycles. The molecule has 0 saturated heterocycles. The van der Waals surface area contributed by atoms with Crippen LogP contribution in [-0.2, 0) is 19.8 Å². The summed E-state index contributed by atoms with van der Waals surface area (Å²) < 4.78 is 17.6. The Kier molecular flexibility index (Phi) is 6.68. The molecule has 7 nitrogen and oxygen atoms in total. The van der Waals surface area contributed by atoms with Crippen LogP contribution in [0.1, 0.15) is 16.7 Å². The van der Waals surface area contributed by atoms with Crippen LogP contribution in [0.3, 0.4) is 0 Å². The van der Waals surface area contributed by atoms with E-state index in [2.05, 4.69) is 4.98 Å². The van der Waals surface area contributed by atoms with Crippen LogP contribution in [0.25, 0.3) is 0 Å². The molecule has 0 spiro atoms. The number of aromatic amines is 1. The first-order valence-electron chi connectivity index (χ1n) is 9.63. The predicted octanol–water partition coefficient (Wildman–Crippen LogP) is 4.64. The van der Waals surface area contributed by atoms with Gasteiger partial charge >= 0.3 is 11.4 Å². The smallest absolute Gasteiger partial charge is 0.440 e. The Morgan fingerprint density at radius 2 is 1.34 bits per heavy atom. The Bertz CT molecular complexity index is 1270. The van der Waals surface area contributed by atoms with Crippen molar-refractivity contribution in [2.45, 2.75) is 19.8 Å². The molecular weight excluding hydrogens is 455 g/mol. The monoisotopic (exact) mass is 472 g/mol. The van der Waals surface area contributed by atoms with E-state index >= 15 is 0 Å². The Hall–Kier alpha value is -3.42. The van der Waals surface area contributed by atoms with E-state index in [9.17, 15) is 9.59 Å².